The molecule has 2 heterocycles. The number of imidazole rings is 1. The van der Waals surface area contributed by atoms with Gasteiger partial charge < -0.3 is 19.7 Å². The van der Waals surface area contributed by atoms with Gasteiger partial charge in [0.05, 0.1) is 6.54 Å². The third-order valence-corrected chi connectivity index (χ3v) is 5.89. The molecule has 5 rings (SSSR count). The van der Waals surface area contributed by atoms with Crippen LogP contribution in [0.1, 0.15) is 48.9 Å². The third-order valence-electron chi connectivity index (χ3n) is 5.89. The smallest absolute Gasteiger partial charge is 0.410 e. The van der Waals surface area contributed by atoms with Crippen LogP contribution in [0.5, 0.6) is 5.75 Å². The summed E-state index contributed by atoms with van der Waals surface area (Å²) in [5.41, 5.74) is 0.339. The molecule has 33 heavy (non-hydrogen) atoms. The number of halogens is 1. The first-order valence-corrected chi connectivity index (χ1v) is 11.1. The summed E-state index contributed by atoms with van der Waals surface area (Å²) >= 11 is 0. The van der Waals surface area contributed by atoms with Gasteiger partial charge in [0.2, 0.25) is 6.35 Å². The zero-order valence-corrected chi connectivity index (χ0v) is 18.1. The molecule has 2 fully saturated rings. The molecule has 172 valence electrons. The van der Waals surface area contributed by atoms with Crippen molar-refractivity contribution in [3.05, 3.63) is 41.6 Å². The van der Waals surface area contributed by atoms with Crippen LogP contribution < -0.4 is 9.64 Å². The van der Waals surface area contributed by atoms with E-state index in [4.69, 9.17) is 4.74 Å². The Morgan fingerprint density at radius 3 is 2.55 bits per heavy atom. The van der Waals surface area contributed by atoms with Gasteiger partial charge in [0.25, 0.3) is 5.91 Å². The van der Waals surface area contributed by atoms with E-state index in [0.29, 0.717) is 23.9 Å². The fraction of sp³-hybridized carbons (Fsp3) is 0.435. The molecule has 0 bridgehead atoms. The van der Waals surface area contributed by atoms with Crippen molar-refractivity contribution in [2.75, 3.05) is 18.0 Å². The number of rotatable bonds is 5. The molecule has 1 atom stereocenters. The average Bonchev–Trinajstić information content (AvgIpc) is 3.72. The Hall–Kier alpha value is -3.58. The monoisotopic (exact) mass is 453 g/mol. The molecule has 3 aliphatic rings. The van der Waals surface area contributed by atoms with Crippen LogP contribution in [0.15, 0.2) is 24.3 Å². The van der Waals surface area contributed by atoms with Crippen LogP contribution in [-0.2, 0) is 0 Å². The number of carbonyl (C=O) groups excluding carboxylic acids is 2. The number of carbonyl (C=O) groups is 2. The Morgan fingerprint density at radius 2 is 1.91 bits per heavy atom. The molecule has 0 radical (unpaired) electrons. The number of anilines is 1. The summed E-state index contributed by atoms with van der Waals surface area (Å²) < 4.78 is 18.3. The van der Waals surface area contributed by atoms with E-state index in [9.17, 15) is 19.1 Å². The summed E-state index contributed by atoms with van der Waals surface area (Å²) in [5, 5.41) is 10.8. The Bertz CT molecular complexity index is 1130. The van der Waals surface area contributed by atoms with Crippen molar-refractivity contribution in [3.8, 4) is 17.6 Å². The zero-order chi connectivity index (χ0) is 23.1. The minimum absolute atomic E-state index is 0.0602. The fourth-order valence-electron chi connectivity index (χ4n) is 3.85. The summed E-state index contributed by atoms with van der Waals surface area (Å²) in [7, 11) is 0. The van der Waals surface area contributed by atoms with Crippen molar-refractivity contribution >= 4 is 17.8 Å². The van der Waals surface area contributed by atoms with E-state index in [-0.39, 0.29) is 30.3 Å². The van der Waals surface area contributed by atoms with Crippen molar-refractivity contribution in [1.82, 2.24) is 19.8 Å². The van der Waals surface area contributed by atoms with Crippen molar-refractivity contribution in [2.24, 2.45) is 0 Å². The normalized spacial score (nSPS) is 19.6. The number of aliphatic hydroxyl groups excluding tert-OH is 1. The number of hydrogen-bond acceptors (Lipinski definition) is 6. The Balaban J connectivity index is 1.30. The quantitative estimate of drug-likeness (QED) is 0.674. The summed E-state index contributed by atoms with van der Waals surface area (Å²) in [4.78, 5) is 37.5. The molecule has 1 unspecified atom stereocenters. The highest BCUT2D eigenvalue weighted by atomic mass is 19.1. The zero-order valence-electron chi connectivity index (χ0n) is 18.1. The number of aromatic nitrogens is 2. The summed E-state index contributed by atoms with van der Waals surface area (Å²) in [6.45, 7) is 2.23. The van der Waals surface area contributed by atoms with Crippen molar-refractivity contribution < 1.29 is 23.8 Å². The number of hydrogen-bond donors (Lipinski definition) is 2. The van der Waals surface area contributed by atoms with Gasteiger partial charge in [-0.2, -0.15) is 0 Å². The molecular formula is C23H24FN5O4. The van der Waals surface area contributed by atoms with Gasteiger partial charge in [0, 0.05) is 18.6 Å². The Morgan fingerprint density at radius 1 is 1.24 bits per heavy atom. The van der Waals surface area contributed by atoms with Crippen LogP contribution in [0.4, 0.5) is 15.0 Å². The number of benzene rings is 1. The van der Waals surface area contributed by atoms with Gasteiger partial charge in [0.1, 0.15) is 17.3 Å². The topological polar surface area (TPSA) is 102 Å². The number of nitrogens with one attached hydrogen (secondary N) is 1. The second-order valence-electron chi connectivity index (χ2n) is 8.35. The number of fused-ring (bicyclic) bond motifs is 1. The second-order valence-corrected chi connectivity index (χ2v) is 8.35. The second kappa shape index (κ2) is 8.41. The largest absolute Gasteiger partial charge is 0.416 e. The highest BCUT2D eigenvalue weighted by Gasteiger charge is 2.49. The maximum Gasteiger partial charge on any atom is 0.416 e. The number of amides is 2. The molecule has 10 heteroatoms. The molecule has 1 aliphatic heterocycles. The van der Waals surface area contributed by atoms with Crippen LogP contribution in [0.3, 0.4) is 0 Å². The van der Waals surface area contributed by atoms with Gasteiger partial charge >= 0.3 is 6.09 Å². The molecule has 2 saturated carbocycles. The average molecular weight is 453 g/mol. The number of nitrogens with zero attached hydrogens (tertiary/aromatic N) is 4. The first kappa shape index (κ1) is 21.3. The van der Waals surface area contributed by atoms with Crippen LogP contribution >= 0.6 is 0 Å². The van der Waals surface area contributed by atoms with Crippen molar-refractivity contribution in [3.63, 3.8) is 0 Å². The summed E-state index contributed by atoms with van der Waals surface area (Å²) in [6, 6.07) is 5.40. The van der Waals surface area contributed by atoms with E-state index in [1.54, 1.807) is 11.8 Å². The van der Waals surface area contributed by atoms with Crippen LogP contribution in [0.25, 0.3) is 0 Å². The summed E-state index contributed by atoms with van der Waals surface area (Å²) in [6.07, 6.45) is 2.05. The molecule has 2 N–H and O–H groups in total. The number of aliphatic hydroxyl groups is 1. The van der Waals surface area contributed by atoms with Gasteiger partial charge in [0.15, 0.2) is 11.6 Å². The van der Waals surface area contributed by atoms with Crippen molar-refractivity contribution in [1.29, 1.82) is 0 Å². The lowest BCUT2D eigenvalue weighted by atomic mass is 10.2. The first-order valence-electron chi connectivity index (χ1n) is 11.1. The molecule has 0 saturated heterocycles. The Labute approximate surface area is 190 Å². The highest BCUT2D eigenvalue weighted by molar-refractivity contribution is 6.00. The Kier molecular flexibility index (Phi) is 5.42. The van der Waals surface area contributed by atoms with E-state index in [1.807, 2.05) is 0 Å². The molecule has 9 nitrogen and oxygen atoms in total. The SMILES string of the molecule is CCN(CC#Cc1nc2c([nH]1)C(=O)N(C1CC1)C(O)N2C1CC1)C(=O)Oc1ccc(F)cc1. The predicted octanol–water partition coefficient (Wildman–Crippen LogP) is 2.28. The summed E-state index contributed by atoms with van der Waals surface area (Å²) in [5.74, 6) is 6.04. The predicted molar refractivity (Wildman–Crippen MR) is 116 cm³/mol. The maximum atomic E-state index is 13.0. The van der Waals surface area contributed by atoms with Gasteiger partial charge in [-0.05, 0) is 62.8 Å². The molecule has 0 spiro atoms. The molecule has 2 aromatic rings. The lowest BCUT2D eigenvalue weighted by Crippen LogP contribution is -2.57. The van der Waals surface area contributed by atoms with E-state index in [2.05, 4.69) is 21.8 Å². The molecule has 2 aliphatic carbocycles. The first-order chi connectivity index (χ1) is 16.0. The van der Waals surface area contributed by atoms with E-state index in [0.717, 1.165) is 25.7 Å². The van der Waals surface area contributed by atoms with Gasteiger partial charge in [-0.25, -0.2) is 14.2 Å². The number of ether oxygens (including phenoxy) is 1. The van der Waals surface area contributed by atoms with Gasteiger partial charge in [-0.3, -0.25) is 14.6 Å². The lowest BCUT2D eigenvalue weighted by molar-refractivity contribution is -0.00401. The molecule has 1 aromatic carbocycles. The molecule has 1 aromatic heterocycles. The molecule has 2 amide bonds. The van der Waals surface area contributed by atoms with Gasteiger partial charge in [-0.15, -0.1) is 0 Å². The van der Waals surface area contributed by atoms with Crippen LogP contribution in [-0.4, -0.2) is 68.4 Å². The number of H-pyrrole nitrogens is 1. The maximum absolute atomic E-state index is 13.0. The van der Waals surface area contributed by atoms with E-state index in [1.165, 1.54) is 34.1 Å². The van der Waals surface area contributed by atoms with Crippen LogP contribution in [0, 0.1) is 17.7 Å². The standard InChI is InChI=1S/C23H24FN5O4/c1-2-27(23(32)33-17-11-5-14(24)6-12-17)13-3-4-18-25-19-20(26-18)28(15-7-8-15)22(31)29(21(19)30)16-9-10-16/h5-6,11-12,15-16,22,31H,2,7-10,13H2,1H3,(H,25,26). The van der Waals surface area contributed by atoms with E-state index < -0.39 is 18.3 Å². The minimum atomic E-state index is -1.01. The highest BCUT2D eigenvalue weighted by Crippen LogP contribution is 2.41. The van der Waals surface area contributed by atoms with E-state index >= 15 is 0 Å². The lowest BCUT2D eigenvalue weighted by Gasteiger charge is -2.40. The van der Waals surface area contributed by atoms with Crippen LogP contribution in [0.2, 0.25) is 0 Å². The van der Waals surface area contributed by atoms with Crippen molar-refractivity contribution in [2.45, 2.75) is 51.0 Å². The minimum Gasteiger partial charge on any atom is -0.410 e. The fourth-order valence-corrected chi connectivity index (χ4v) is 3.85. The third kappa shape index (κ3) is 4.24. The number of aromatic amines is 1. The molecular weight excluding hydrogens is 429 g/mol. The van der Waals surface area contributed by atoms with Gasteiger partial charge in [-0.1, -0.05) is 5.92 Å².